The van der Waals surface area contributed by atoms with Crippen LogP contribution in [0.15, 0.2) is 29.4 Å². The van der Waals surface area contributed by atoms with Gasteiger partial charge in [-0.05, 0) is 39.2 Å². The molecule has 0 bridgehead atoms. The molecule has 0 aliphatic heterocycles. The van der Waals surface area contributed by atoms with Gasteiger partial charge in [-0.15, -0.1) is 10.2 Å². The minimum Gasteiger partial charge on any atom is -0.331 e. The molecule has 7 nitrogen and oxygen atoms in total. The van der Waals surface area contributed by atoms with Crippen LogP contribution in [-0.2, 0) is 6.54 Å². The maximum absolute atomic E-state index is 12.1. The molecular weight excluding hydrogens is 326 g/mol. The Hall–Kier alpha value is -2.35. The first kappa shape index (κ1) is 18.0. The molecule has 0 aliphatic rings. The van der Waals surface area contributed by atoms with E-state index in [4.69, 9.17) is 0 Å². The minimum absolute atomic E-state index is 0.0475. The zero-order chi connectivity index (χ0) is 17.7. The second-order valence-electron chi connectivity index (χ2n) is 5.51. The van der Waals surface area contributed by atoms with E-state index in [-0.39, 0.29) is 24.4 Å². The SMILES string of the molecule is CSc1nnc(CNC(=O)Nc2cccc(C(C)=O)c2)n1C(C)C. The van der Waals surface area contributed by atoms with E-state index >= 15 is 0 Å². The molecule has 2 rings (SSSR count). The van der Waals surface area contributed by atoms with Crippen LogP contribution in [-0.4, -0.2) is 32.8 Å². The van der Waals surface area contributed by atoms with Gasteiger partial charge in [0.2, 0.25) is 0 Å². The average Bonchev–Trinajstić information content (AvgIpc) is 2.96. The van der Waals surface area contributed by atoms with E-state index in [9.17, 15) is 9.59 Å². The van der Waals surface area contributed by atoms with Gasteiger partial charge >= 0.3 is 6.03 Å². The third-order valence-electron chi connectivity index (χ3n) is 3.37. The maximum Gasteiger partial charge on any atom is 0.319 e. The van der Waals surface area contributed by atoms with Gasteiger partial charge in [0.05, 0.1) is 6.54 Å². The Morgan fingerprint density at radius 2 is 2.04 bits per heavy atom. The van der Waals surface area contributed by atoms with Crippen molar-refractivity contribution in [2.45, 2.75) is 38.5 Å². The van der Waals surface area contributed by atoms with E-state index in [0.29, 0.717) is 17.1 Å². The van der Waals surface area contributed by atoms with Crippen LogP contribution in [0.25, 0.3) is 0 Å². The lowest BCUT2D eigenvalue weighted by Crippen LogP contribution is -2.29. The quantitative estimate of drug-likeness (QED) is 0.619. The molecule has 1 aromatic carbocycles. The van der Waals surface area contributed by atoms with Crippen molar-refractivity contribution in [3.8, 4) is 0 Å². The van der Waals surface area contributed by atoms with Crippen LogP contribution in [0.1, 0.15) is 43.0 Å². The molecule has 0 fully saturated rings. The number of anilines is 1. The van der Waals surface area contributed by atoms with Crippen LogP contribution >= 0.6 is 11.8 Å². The normalized spacial score (nSPS) is 10.7. The maximum atomic E-state index is 12.1. The molecule has 0 spiro atoms. The first-order chi connectivity index (χ1) is 11.4. The molecule has 8 heteroatoms. The number of nitrogens with zero attached hydrogens (tertiary/aromatic N) is 3. The van der Waals surface area contributed by atoms with Crippen LogP contribution in [0.5, 0.6) is 0 Å². The van der Waals surface area contributed by atoms with Crippen molar-refractivity contribution in [1.82, 2.24) is 20.1 Å². The zero-order valence-electron chi connectivity index (χ0n) is 14.2. The molecule has 24 heavy (non-hydrogen) atoms. The van der Waals surface area contributed by atoms with Crippen molar-refractivity contribution in [2.24, 2.45) is 0 Å². The molecule has 1 aromatic heterocycles. The van der Waals surface area contributed by atoms with Gasteiger partial charge in [0.25, 0.3) is 0 Å². The number of amides is 2. The molecule has 0 atom stereocenters. The number of urea groups is 1. The highest BCUT2D eigenvalue weighted by molar-refractivity contribution is 7.98. The number of hydrogen-bond acceptors (Lipinski definition) is 5. The van der Waals surface area contributed by atoms with E-state index in [1.54, 1.807) is 24.3 Å². The number of carbonyl (C=O) groups excluding carboxylic acids is 2. The van der Waals surface area contributed by atoms with Crippen LogP contribution in [0.3, 0.4) is 0 Å². The zero-order valence-corrected chi connectivity index (χ0v) is 15.0. The molecule has 1 heterocycles. The van der Waals surface area contributed by atoms with E-state index < -0.39 is 0 Å². The van der Waals surface area contributed by atoms with Gasteiger partial charge in [-0.3, -0.25) is 4.79 Å². The standard InChI is InChI=1S/C16H21N5O2S/c1-10(2)21-14(19-20-16(21)24-4)9-17-15(23)18-13-7-5-6-12(8-13)11(3)22/h5-8,10H,9H2,1-4H3,(H2,17,18,23). The number of carbonyl (C=O) groups is 2. The molecule has 0 saturated carbocycles. The molecule has 0 aliphatic carbocycles. The summed E-state index contributed by atoms with van der Waals surface area (Å²) >= 11 is 1.51. The predicted molar refractivity (Wildman–Crippen MR) is 94.5 cm³/mol. The van der Waals surface area contributed by atoms with Crippen molar-refractivity contribution in [2.75, 3.05) is 11.6 Å². The van der Waals surface area contributed by atoms with Crippen LogP contribution < -0.4 is 10.6 Å². The summed E-state index contributed by atoms with van der Waals surface area (Å²) in [5.74, 6) is 0.649. The lowest BCUT2D eigenvalue weighted by Gasteiger charge is -2.13. The number of nitrogens with one attached hydrogen (secondary N) is 2. The second kappa shape index (κ2) is 7.96. The molecule has 2 N–H and O–H groups in total. The summed E-state index contributed by atoms with van der Waals surface area (Å²) in [6.45, 7) is 5.84. The van der Waals surface area contributed by atoms with Gasteiger partial charge in [0.15, 0.2) is 16.8 Å². The first-order valence-electron chi connectivity index (χ1n) is 7.56. The Labute approximate surface area is 145 Å². The van der Waals surface area contributed by atoms with E-state index in [1.165, 1.54) is 18.7 Å². The fourth-order valence-corrected chi connectivity index (χ4v) is 2.87. The Kier molecular flexibility index (Phi) is 5.97. The number of ketones is 1. The molecule has 2 amide bonds. The molecule has 0 unspecified atom stereocenters. The lowest BCUT2D eigenvalue weighted by atomic mass is 10.1. The van der Waals surface area contributed by atoms with Gasteiger partial charge in [0, 0.05) is 17.3 Å². The Bertz CT molecular complexity index is 742. The summed E-state index contributed by atoms with van der Waals surface area (Å²) in [5.41, 5.74) is 1.12. The van der Waals surface area contributed by atoms with Crippen LogP contribution in [0, 0.1) is 0 Å². The molecule has 0 radical (unpaired) electrons. The third-order valence-corrected chi connectivity index (χ3v) is 4.01. The molecule has 2 aromatic rings. The summed E-state index contributed by atoms with van der Waals surface area (Å²) in [6, 6.07) is 6.65. The Balaban J connectivity index is 2.00. The van der Waals surface area contributed by atoms with Gasteiger partial charge in [-0.2, -0.15) is 0 Å². The van der Waals surface area contributed by atoms with Crippen molar-refractivity contribution in [1.29, 1.82) is 0 Å². The minimum atomic E-state index is -0.361. The first-order valence-corrected chi connectivity index (χ1v) is 8.78. The van der Waals surface area contributed by atoms with Crippen LogP contribution in [0.2, 0.25) is 0 Å². The van der Waals surface area contributed by atoms with E-state index in [2.05, 4.69) is 20.8 Å². The Morgan fingerprint density at radius 3 is 2.67 bits per heavy atom. The summed E-state index contributed by atoms with van der Waals surface area (Å²) < 4.78 is 1.99. The third kappa shape index (κ3) is 4.35. The summed E-state index contributed by atoms with van der Waals surface area (Å²) in [6.07, 6.45) is 1.94. The number of aromatic nitrogens is 3. The fourth-order valence-electron chi connectivity index (χ4n) is 2.24. The summed E-state index contributed by atoms with van der Waals surface area (Å²) in [5, 5.41) is 14.5. The smallest absolute Gasteiger partial charge is 0.319 e. The second-order valence-corrected chi connectivity index (χ2v) is 6.28. The largest absolute Gasteiger partial charge is 0.331 e. The van der Waals surface area contributed by atoms with Gasteiger partial charge in [-0.25, -0.2) is 4.79 Å². The van der Waals surface area contributed by atoms with Crippen molar-refractivity contribution in [3.63, 3.8) is 0 Å². The molecule has 0 saturated heterocycles. The van der Waals surface area contributed by atoms with Crippen molar-refractivity contribution in [3.05, 3.63) is 35.7 Å². The highest BCUT2D eigenvalue weighted by Crippen LogP contribution is 2.19. The summed E-state index contributed by atoms with van der Waals surface area (Å²) in [4.78, 5) is 23.4. The average molecular weight is 347 g/mol. The molecular formula is C16H21N5O2S. The number of Topliss-reactive ketones (excluding diaryl/α,β-unsaturated/α-hetero) is 1. The fraction of sp³-hybridized carbons (Fsp3) is 0.375. The van der Waals surface area contributed by atoms with Gasteiger partial charge in [0.1, 0.15) is 0 Å². The van der Waals surface area contributed by atoms with Crippen molar-refractivity contribution >= 4 is 29.3 Å². The monoisotopic (exact) mass is 347 g/mol. The lowest BCUT2D eigenvalue weighted by molar-refractivity contribution is 0.101. The molecule has 128 valence electrons. The van der Waals surface area contributed by atoms with Crippen molar-refractivity contribution < 1.29 is 9.59 Å². The summed E-state index contributed by atoms with van der Waals surface area (Å²) in [7, 11) is 0. The van der Waals surface area contributed by atoms with Gasteiger partial charge < -0.3 is 15.2 Å². The highest BCUT2D eigenvalue weighted by atomic mass is 32.2. The van der Waals surface area contributed by atoms with E-state index in [1.807, 2.05) is 24.7 Å². The highest BCUT2D eigenvalue weighted by Gasteiger charge is 2.14. The number of benzene rings is 1. The topological polar surface area (TPSA) is 88.9 Å². The number of hydrogen-bond donors (Lipinski definition) is 2. The van der Waals surface area contributed by atoms with Gasteiger partial charge in [-0.1, -0.05) is 23.9 Å². The van der Waals surface area contributed by atoms with Crippen LogP contribution in [0.4, 0.5) is 10.5 Å². The number of rotatable bonds is 6. The van der Waals surface area contributed by atoms with E-state index in [0.717, 1.165) is 5.16 Å². The Morgan fingerprint density at radius 1 is 1.29 bits per heavy atom. The predicted octanol–water partition coefficient (Wildman–Crippen LogP) is 3.11. The number of thioether (sulfide) groups is 1.